The van der Waals surface area contributed by atoms with Crippen LogP contribution in [0.25, 0.3) is 10.9 Å². The number of benzene rings is 1. The van der Waals surface area contributed by atoms with Crippen molar-refractivity contribution < 1.29 is 4.79 Å². The molecule has 6 heteroatoms. The number of carbonyl (C=O) groups is 1. The van der Waals surface area contributed by atoms with Crippen molar-refractivity contribution in [2.24, 2.45) is 0 Å². The normalized spacial score (nSPS) is 14.6. The zero-order valence-electron chi connectivity index (χ0n) is 14.7. The van der Waals surface area contributed by atoms with E-state index in [1.807, 2.05) is 24.4 Å². The van der Waals surface area contributed by atoms with Gasteiger partial charge in [-0.2, -0.15) is 0 Å². The molecule has 1 aliphatic carbocycles. The van der Waals surface area contributed by atoms with Crippen molar-refractivity contribution in [2.45, 2.75) is 38.1 Å². The Morgan fingerprint density at radius 2 is 2.00 bits per heavy atom. The second kappa shape index (κ2) is 7.56. The number of carbonyl (C=O) groups excluding carboxylic acids is 1. The highest BCUT2D eigenvalue weighted by molar-refractivity contribution is 5.92. The van der Waals surface area contributed by atoms with E-state index in [2.05, 4.69) is 31.7 Å². The van der Waals surface area contributed by atoms with Crippen molar-refractivity contribution in [3.8, 4) is 0 Å². The molecule has 6 nitrogen and oxygen atoms in total. The summed E-state index contributed by atoms with van der Waals surface area (Å²) in [4.78, 5) is 24.1. The Balaban J connectivity index is 1.30. The standard InChI is InChI=1S/C20H23N5O/c26-20(18-12-24-19(13-23-18)25-15-5-1-2-6-15)21-10-9-14-11-22-17-8-4-3-7-16(14)17/h3-4,7-8,11-13,15,22H,1-2,5-6,9-10H2,(H,21,26)(H,24,25). The largest absolute Gasteiger partial charge is 0.366 e. The van der Waals surface area contributed by atoms with Crippen LogP contribution in [-0.2, 0) is 6.42 Å². The zero-order chi connectivity index (χ0) is 17.8. The first-order chi connectivity index (χ1) is 12.8. The number of para-hydroxylation sites is 1. The molecule has 3 N–H and O–H groups in total. The summed E-state index contributed by atoms with van der Waals surface area (Å²) in [5.74, 6) is 0.553. The number of anilines is 1. The van der Waals surface area contributed by atoms with E-state index in [1.165, 1.54) is 42.8 Å². The molecule has 0 radical (unpaired) electrons. The van der Waals surface area contributed by atoms with Crippen molar-refractivity contribution in [1.82, 2.24) is 20.3 Å². The van der Waals surface area contributed by atoms with Gasteiger partial charge in [0, 0.05) is 29.7 Å². The highest BCUT2D eigenvalue weighted by Crippen LogP contribution is 2.21. The van der Waals surface area contributed by atoms with Crippen LogP contribution in [0.3, 0.4) is 0 Å². The molecule has 4 rings (SSSR count). The van der Waals surface area contributed by atoms with E-state index in [-0.39, 0.29) is 5.91 Å². The van der Waals surface area contributed by atoms with Gasteiger partial charge in [-0.3, -0.25) is 4.79 Å². The van der Waals surface area contributed by atoms with E-state index in [0.29, 0.717) is 18.3 Å². The average molecular weight is 349 g/mol. The number of nitrogens with zero attached hydrogens (tertiary/aromatic N) is 2. The molecule has 2 heterocycles. The molecule has 0 aliphatic heterocycles. The lowest BCUT2D eigenvalue weighted by atomic mass is 10.1. The molecule has 134 valence electrons. The van der Waals surface area contributed by atoms with Crippen LogP contribution in [0.2, 0.25) is 0 Å². The fourth-order valence-corrected chi connectivity index (χ4v) is 3.54. The van der Waals surface area contributed by atoms with Gasteiger partial charge in [-0.05, 0) is 30.9 Å². The molecule has 0 unspecified atom stereocenters. The SMILES string of the molecule is O=C(NCCc1c[nH]c2ccccc12)c1cnc(NC2CCCC2)cn1. The van der Waals surface area contributed by atoms with Crippen LogP contribution in [0.1, 0.15) is 41.7 Å². The third kappa shape index (κ3) is 3.69. The molecule has 0 saturated heterocycles. The van der Waals surface area contributed by atoms with Crippen molar-refractivity contribution >= 4 is 22.6 Å². The lowest BCUT2D eigenvalue weighted by Gasteiger charge is -2.12. The third-order valence-corrected chi connectivity index (χ3v) is 4.95. The molecular formula is C20H23N5O. The minimum Gasteiger partial charge on any atom is -0.366 e. The predicted octanol–water partition coefficient (Wildman–Crippen LogP) is 3.28. The summed E-state index contributed by atoms with van der Waals surface area (Å²) in [6.07, 6.45) is 10.8. The molecular weight excluding hydrogens is 326 g/mol. The second-order valence-corrected chi connectivity index (χ2v) is 6.78. The van der Waals surface area contributed by atoms with Gasteiger partial charge in [0.2, 0.25) is 0 Å². The number of hydrogen-bond acceptors (Lipinski definition) is 4. The highest BCUT2D eigenvalue weighted by atomic mass is 16.1. The Bertz CT molecular complexity index is 881. The molecule has 3 aromatic rings. The number of H-pyrrole nitrogens is 1. The smallest absolute Gasteiger partial charge is 0.271 e. The number of nitrogens with one attached hydrogen (secondary N) is 3. The molecule has 1 fully saturated rings. The number of amides is 1. The molecule has 1 amide bonds. The number of aromatic amines is 1. The Labute approximate surface area is 152 Å². The van der Waals surface area contributed by atoms with Crippen LogP contribution in [0.15, 0.2) is 42.9 Å². The van der Waals surface area contributed by atoms with Crippen molar-refractivity contribution in [2.75, 3.05) is 11.9 Å². The van der Waals surface area contributed by atoms with Gasteiger partial charge in [0.1, 0.15) is 11.5 Å². The van der Waals surface area contributed by atoms with Crippen LogP contribution >= 0.6 is 0 Å². The molecule has 1 saturated carbocycles. The average Bonchev–Trinajstić information content (AvgIpc) is 3.32. The van der Waals surface area contributed by atoms with E-state index in [9.17, 15) is 4.79 Å². The van der Waals surface area contributed by atoms with E-state index >= 15 is 0 Å². The van der Waals surface area contributed by atoms with Gasteiger partial charge in [0.25, 0.3) is 5.91 Å². The van der Waals surface area contributed by atoms with E-state index in [1.54, 1.807) is 6.20 Å². The Morgan fingerprint density at radius 1 is 1.15 bits per heavy atom. The van der Waals surface area contributed by atoms with Crippen LogP contribution in [0.4, 0.5) is 5.82 Å². The fraction of sp³-hybridized carbons (Fsp3) is 0.350. The molecule has 0 bridgehead atoms. The number of fused-ring (bicyclic) bond motifs is 1. The van der Waals surface area contributed by atoms with Gasteiger partial charge < -0.3 is 15.6 Å². The molecule has 0 spiro atoms. The van der Waals surface area contributed by atoms with E-state index < -0.39 is 0 Å². The van der Waals surface area contributed by atoms with Crippen LogP contribution in [0, 0.1) is 0 Å². The molecule has 0 atom stereocenters. The van der Waals surface area contributed by atoms with Gasteiger partial charge in [-0.1, -0.05) is 31.0 Å². The lowest BCUT2D eigenvalue weighted by molar-refractivity contribution is 0.0949. The topological polar surface area (TPSA) is 82.7 Å². The maximum Gasteiger partial charge on any atom is 0.271 e. The molecule has 1 aliphatic rings. The quantitative estimate of drug-likeness (QED) is 0.638. The van der Waals surface area contributed by atoms with E-state index in [4.69, 9.17) is 0 Å². The highest BCUT2D eigenvalue weighted by Gasteiger charge is 2.15. The first-order valence-electron chi connectivity index (χ1n) is 9.21. The summed E-state index contributed by atoms with van der Waals surface area (Å²) in [5.41, 5.74) is 2.66. The van der Waals surface area contributed by atoms with Crippen LogP contribution < -0.4 is 10.6 Å². The van der Waals surface area contributed by atoms with Crippen molar-refractivity contribution in [3.05, 3.63) is 54.1 Å². The van der Waals surface area contributed by atoms with E-state index in [0.717, 1.165) is 17.8 Å². The van der Waals surface area contributed by atoms with Crippen LogP contribution in [0.5, 0.6) is 0 Å². The lowest BCUT2D eigenvalue weighted by Crippen LogP contribution is -2.26. The monoisotopic (exact) mass is 349 g/mol. The Kier molecular flexibility index (Phi) is 4.82. The molecule has 2 aromatic heterocycles. The number of rotatable bonds is 6. The Hall–Kier alpha value is -2.89. The summed E-state index contributed by atoms with van der Waals surface area (Å²) in [5, 5.41) is 7.49. The first-order valence-corrected chi connectivity index (χ1v) is 9.21. The first kappa shape index (κ1) is 16.6. The van der Waals surface area contributed by atoms with Gasteiger partial charge in [0.15, 0.2) is 0 Å². The van der Waals surface area contributed by atoms with Crippen LogP contribution in [-0.4, -0.2) is 33.4 Å². The maximum atomic E-state index is 12.3. The third-order valence-electron chi connectivity index (χ3n) is 4.95. The Morgan fingerprint density at radius 3 is 2.81 bits per heavy atom. The fourth-order valence-electron chi connectivity index (χ4n) is 3.54. The van der Waals surface area contributed by atoms with Gasteiger partial charge in [-0.25, -0.2) is 9.97 Å². The zero-order valence-corrected chi connectivity index (χ0v) is 14.7. The van der Waals surface area contributed by atoms with Gasteiger partial charge in [-0.15, -0.1) is 0 Å². The maximum absolute atomic E-state index is 12.3. The second-order valence-electron chi connectivity index (χ2n) is 6.78. The summed E-state index contributed by atoms with van der Waals surface area (Å²) >= 11 is 0. The van der Waals surface area contributed by atoms with Gasteiger partial charge in [0.05, 0.1) is 12.4 Å². The summed E-state index contributed by atoms with van der Waals surface area (Å²) < 4.78 is 0. The summed E-state index contributed by atoms with van der Waals surface area (Å²) in [7, 11) is 0. The van der Waals surface area contributed by atoms with Crippen molar-refractivity contribution in [1.29, 1.82) is 0 Å². The summed E-state index contributed by atoms with van der Waals surface area (Å²) in [6, 6.07) is 8.65. The molecule has 26 heavy (non-hydrogen) atoms. The summed E-state index contributed by atoms with van der Waals surface area (Å²) in [6.45, 7) is 0.560. The predicted molar refractivity (Wildman–Crippen MR) is 102 cm³/mol. The molecule has 1 aromatic carbocycles. The number of hydrogen-bond donors (Lipinski definition) is 3. The van der Waals surface area contributed by atoms with Gasteiger partial charge >= 0.3 is 0 Å². The minimum atomic E-state index is -0.190. The van der Waals surface area contributed by atoms with Crippen molar-refractivity contribution in [3.63, 3.8) is 0 Å². The minimum absolute atomic E-state index is 0.190. The number of aromatic nitrogens is 3.